The number of benzene rings is 2. The average Bonchev–Trinajstić information content (AvgIpc) is 2.79. The van der Waals surface area contributed by atoms with Crippen molar-refractivity contribution in [1.29, 1.82) is 0 Å². The predicted molar refractivity (Wildman–Crippen MR) is 91.6 cm³/mol. The molecule has 1 unspecified atom stereocenters. The third-order valence-electron chi connectivity index (χ3n) is 4.04. The molecule has 1 atom stereocenters. The Labute approximate surface area is 144 Å². The lowest BCUT2D eigenvalue weighted by Gasteiger charge is -2.19. The molecule has 0 fully saturated rings. The van der Waals surface area contributed by atoms with E-state index in [0.717, 1.165) is 11.3 Å². The lowest BCUT2D eigenvalue weighted by Crippen LogP contribution is -2.23. The van der Waals surface area contributed by atoms with E-state index in [1.54, 1.807) is 37.3 Å². The van der Waals surface area contributed by atoms with Crippen molar-refractivity contribution in [1.82, 2.24) is 0 Å². The molecule has 2 aromatic carbocycles. The Balaban J connectivity index is 2.11. The lowest BCUT2D eigenvalue weighted by atomic mass is 10.0. The standard InChI is InChI=1S/C18H16ClNO4/c1-3-24-16-7-5-12(9-14(16)18(22)23)20-15-6-4-11(19)8-13(15)10(2)17(20)21/h4-10H,3H2,1-2H3,(H,22,23). The summed E-state index contributed by atoms with van der Waals surface area (Å²) < 4.78 is 5.35. The van der Waals surface area contributed by atoms with Gasteiger partial charge in [-0.2, -0.15) is 0 Å². The molecule has 1 amide bonds. The minimum absolute atomic E-state index is 0.0252. The maximum Gasteiger partial charge on any atom is 0.339 e. The number of carbonyl (C=O) groups is 2. The van der Waals surface area contributed by atoms with Gasteiger partial charge >= 0.3 is 5.97 Å². The first-order valence-corrected chi connectivity index (χ1v) is 7.95. The number of carboxylic acid groups (broad SMARTS) is 1. The van der Waals surface area contributed by atoms with Gasteiger partial charge in [0.05, 0.1) is 23.9 Å². The van der Waals surface area contributed by atoms with Crippen LogP contribution in [0.3, 0.4) is 0 Å². The number of hydrogen-bond donors (Lipinski definition) is 1. The van der Waals surface area contributed by atoms with Crippen LogP contribution in [0, 0.1) is 0 Å². The van der Waals surface area contributed by atoms with Crippen molar-refractivity contribution in [3.63, 3.8) is 0 Å². The van der Waals surface area contributed by atoms with E-state index in [9.17, 15) is 14.7 Å². The molecule has 0 aliphatic carbocycles. The Morgan fingerprint density at radius 2 is 2.04 bits per heavy atom. The minimum atomic E-state index is -1.10. The number of nitrogens with zero attached hydrogens (tertiary/aromatic N) is 1. The van der Waals surface area contributed by atoms with Gasteiger partial charge in [0, 0.05) is 5.02 Å². The van der Waals surface area contributed by atoms with Gasteiger partial charge in [-0.1, -0.05) is 11.6 Å². The maximum atomic E-state index is 12.7. The Morgan fingerprint density at radius 3 is 2.71 bits per heavy atom. The normalized spacial score (nSPS) is 16.2. The van der Waals surface area contributed by atoms with Crippen LogP contribution in [0.1, 0.15) is 35.7 Å². The number of amides is 1. The number of fused-ring (bicyclic) bond motifs is 1. The van der Waals surface area contributed by atoms with Gasteiger partial charge in [-0.25, -0.2) is 4.79 Å². The minimum Gasteiger partial charge on any atom is -0.493 e. The molecule has 3 rings (SSSR count). The fourth-order valence-corrected chi connectivity index (χ4v) is 3.07. The fraction of sp³-hybridized carbons (Fsp3) is 0.222. The lowest BCUT2D eigenvalue weighted by molar-refractivity contribution is -0.118. The molecule has 1 heterocycles. The Morgan fingerprint density at radius 1 is 1.29 bits per heavy atom. The van der Waals surface area contributed by atoms with E-state index in [1.165, 1.54) is 11.0 Å². The summed E-state index contributed by atoms with van der Waals surface area (Å²) in [6.45, 7) is 3.95. The number of carbonyl (C=O) groups excluding carboxylic acids is 1. The van der Waals surface area contributed by atoms with Crippen LogP contribution in [-0.2, 0) is 4.79 Å². The highest BCUT2D eigenvalue weighted by Crippen LogP contribution is 2.43. The van der Waals surface area contributed by atoms with Crippen LogP contribution in [0.5, 0.6) is 5.75 Å². The number of rotatable bonds is 4. The quantitative estimate of drug-likeness (QED) is 0.901. The highest BCUT2D eigenvalue weighted by molar-refractivity contribution is 6.31. The van der Waals surface area contributed by atoms with Gasteiger partial charge in [0.2, 0.25) is 5.91 Å². The first-order chi connectivity index (χ1) is 11.4. The molecule has 0 aromatic heterocycles. The summed E-state index contributed by atoms with van der Waals surface area (Å²) in [4.78, 5) is 25.7. The van der Waals surface area contributed by atoms with E-state index in [4.69, 9.17) is 16.3 Å². The first-order valence-electron chi connectivity index (χ1n) is 7.57. The molecular weight excluding hydrogens is 330 g/mol. The van der Waals surface area contributed by atoms with Crippen LogP contribution in [0.4, 0.5) is 11.4 Å². The van der Waals surface area contributed by atoms with Crippen molar-refractivity contribution < 1.29 is 19.4 Å². The summed E-state index contributed by atoms with van der Waals surface area (Å²) in [6, 6.07) is 9.98. The zero-order valence-electron chi connectivity index (χ0n) is 13.2. The summed E-state index contributed by atoms with van der Waals surface area (Å²) in [5, 5.41) is 9.97. The summed E-state index contributed by atoms with van der Waals surface area (Å²) in [6.07, 6.45) is 0. The second-order valence-electron chi connectivity index (χ2n) is 5.52. The summed E-state index contributed by atoms with van der Waals surface area (Å²) in [5.74, 6) is -1.27. The van der Waals surface area contributed by atoms with E-state index >= 15 is 0 Å². The maximum absolute atomic E-state index is 12.7. The third-order valence-corrected chi connectivity index (χ3v) is 4.27. The van der Waals surface area contributed by atoms with Crippen LogP contribution in [0.2, 0.25) is 5.02 Å². The molecular formula is C18H16ClNO4. The van der Waals surface area contributed by atoms with E-state index < -0.39 is 5.97 Å². The Hall–Kier alpha value is -2.53. The van der Waals surface area contributed by atoms with Gasteiger partial charge in [-0.3, -0.25) is 9.69 Å². The van der Waals surface area contributed by atoms with Crippen molar-refractivity contribution in [3.05, 3.63) is 52.5 Å². The number of aromatic carboxylic acids is 1. The predicted octanol–water partition coefficient (Wildman–Crippen LogP) is 4.22. The first kappa shape index (κ1) is 16.3. The average molecular weight is 346 g/mol. The van der Waals surface area contributed by atoms with Gasteiger partial charge in [0.15, 0.2) is 0 Å². The molecule has 0 saturated carbocycles. The van der Waals surface area contributed by atoms with Crippen LogP contribution < -0.4 is 9.64 Å². The van der Waals surface area contributed by atoms with Crippen molar-refractivity contribution >= 4 is 34.9 Å². The Bertz CT molecular complexity index is 834. The highest BCUT2D eigenvalue weighted by atomic mass is 35.5. The zero-order valence-corrected chi connectivity index (χ0v) is 14.0. The van der Waals surface area contributed by atoms with Crippen LogP contribution in [0.25, 0.3) is 0 Å². The second-order valence-corrected chi connectivity index (χ2v) is 5.95. The van der Waals surface area contributed by atoms with Crippen molar-refractivity contribution in [3.8, 4) is 5.75 Å². The fourth-order valence-electron chi connectivity index (χ4n) is 2.89. The van der Waals surface area contributed by atoms with Crippen molar-refractivity contribution in [2.24, 2.45) is 0 Å². The molecule has 1 aliphatic rings. The van der Waals surface area contributed by atoms with Gasteiger partial charge in [0.1, 0.15) is 11.3 Å². The second kappa shape index (κ2) is 6.17. The third kappa shape index (κ3) is 2.61. The molecule has 5 nitrogen and oxygen atoms in total. The molecule has 0 bridgehead atoms. The van der Waals surface area contributed by atoms with Crippen LogP contribution >= 0.6 is 11.6 Å². The van der Waals surface area contributed by atoms with Gasteiger partial charge < -0.3 is 9.84 Å². The molecule has 6 heteroatoms. The molecule has 124 valence electrons. The number of hydrogen-bond acceptors (Lipinski definition) is 3. The Kier molecular flexibility index (Phi) is 4.20. The zero-order chi connectivity index (χ0) is 17.4. The van der Waals surface area contributed by atoms with Crippen molar-refractivity contribution in [2.45, 2.75) is 19.8 Å². The molecule has 0 radical (unpaired) electrons. The molecule has 24 heavy (non-hydrogen) atoms. The van der Waals surface area contributed by atoms with Gasteiger partial charge in [-0.15, -0.1) is 0 Å². The number of ether oxygens (including phenoxy) is 1. The van der Waals surface area contributed by atoms with Crippen LogP contribution in [0.15, 0.2) is 36.4 Å². The molecule has 2 aromatic rings. The SMILES string of the molecule is CCOc1ccc(N2C(=O)C(C)c3cc(Cl)ccc32)cc1C(=O)O. The summed E-state index contributed by atoms with van der Waals surface area (Å²) in [5.41, 5.74) is 2.07. The summed E-state index contributed by atoms with van der Waals surface area (Å²) >= 11 is 6.03. The molecule has 1 aliphatic heterocycles. The van der Waals surface area contributed by atoms with E-state index in [2.05, 4.69) is 0 Å². The molecule has 0 saturated heterocycles. The smallest absolute Gasteiger partial charge is 0.339 e. The summed E-state index contributed by atoms with van der Waals surface area (Å²) in [7, 11) is 0. The molecule has 1 N–H and O–H groups in total. The van der Waals surface area contributed by atoms with E-state index in [0.29, 0.717) is 17.3 Å². The molecule has 0 spiro atoms. The highest BCUT2D eigenvalue weighted by Gasteiger charge is 2.35. The van der Waals surface area contributed by atoms with Crippen molar-refractivity contribution in [2.75, 3.05) is 11.5 Å². The number of halogens is 1. The topological polar surface area (TPSA) is 66.8 Å². The van der Waals surface area contributed by atoms with E-state index in [1.807, 2.05) is 6.92 Å². The monoisotopic (exact) mass is 345 g/mol. The number of anilines is 2. The van der Waals surface area contributed by atoms with E-state index in [-0.39, 0.29) is 23.1 Å². The van der Waals surface area contributed by atoms with Gasteiger partial charge in [0.25, 0.3) is 0 Å². The van der Waals surface area contributed by atoms with Gasteiger partial charge in [-0.05, 0) is 55.8 Å². The van der Waals surface area contributed by atoms with Crippen LogP contribution in [-0.4, -0.2) is 23.6 Å². The largest absolute Gasteiger partial charge is 0.493 e. The number of carboxylic acids is 1.